The highest BCUT2D eigenvalue weighted by Gasteiger charge is 2.20. The van der Waals surface area contributed by atoms with Crippen molar-refractivity contribution in [2.45, 2.75) is 31.5 Å². The largest absolute Gasteiger partial charge is 0.374 e. The SMILES string of the molecule is Cc1ccc(N(C)CC2CCC2)c(CBr)c1. The summed E-state index contributed by atoms with van der Waals surface area (Å²) in [4.78, 5) is 2.42. The van der Waals surface area contributed by atoms with Crippen molar-refractivity contribution in [3.8, 4) is 0 Å². The second kappa shape index (κ2) is 5.22. The Balaban J connectivity index is 2.11. The van der Waals surface area contributed by atoms with Crippen LogP contribution in [0.2, 0.25) is 0 Å². The molecule has 1 aromatic rings. The maximum Gasteiger partial charge on any atom is 0.0405 e. The minimum atomic E-state index is 0.925. The molecule has 0 spiro atoms. The monoisotopic (exact) mass is 281 g/mol. The highest BCUT2D eigenvalue weighted by atomic mass is 79.9. The molecule has 1 saturated carbocycles. The molecule has 0 atom stereocenters. The Kier molecular flexibility index (Phi) is 3.91. The molecule has 0 bridgehead atoms. The van der Waals surface area contributed by atoms with Crippen molar-refractivity contribution in [3.63, 3.8) is 0 Å². The van der Waals surface area contributed by atoms with E-state index in [4.69, 9.17) is 0 Å². The van der Waals surface area contributed by atoms with Gasteiger partial charge in [-0.2, -0.15) is 0 Å². The van der Waals surface area contributed by atoms with Gasteiger partial charge in [-0.15, -0.1) is 0 Å². The molecule has 0 saturated heterocycles. The molecule has 1 aliphatic carbocycles. The van der Waals surface area contributed by atoms with Crippen LogP contribution in [0.15, 0.2) is 18.2 Å². The van der Waals surface area contributed by atoms with Crippen LogP contribution in [-0.2, 0) is 5.33 Å². The van der Waals surface area contributed by atoms with Crippen LogP contribution < -0.4 is 4.90 Å². The summed E-state index contributed by atoms with van der Waals surface area (Å²) in [6, 6.07) is 6.74. The summed E-state index contributed by atoms with van der Waals surface area (Å²) in [5.41, 5.74) is 4.13. The molecule has 0 amide bonds. The highest BCUT2D eigenvalue weighted by molar-refractivity contribution is 9.08. The lowest BCUT2D eigenvalue weighted by Crippen LogP contribution is -2.29. The van der Waals surface area contributed by atoms with Gasteiger partial charge in [0.2, 0.25) is 0 Å². The van der Waals surface area contributed by atoms with Gasteiger partial charge >= 0.3 is 0 Å². The molecular weight excluding hydrogens is 262 g/mol. The van der Waals surface area contributed by atoms with E-state index in [1.807, 2.05) is 0 Å². The average Bonchev–Trinajstić information content (AvgIpc) is 2.23. The first-order valence-electron chi connectivity index (χ1n) is 6.07. The van der Waals surface area contributed by atoms with Crippen LogP contribution in [0.3, 0.4) is 0 Å². The Morgan fingerprint density at radius 1 is 1.38 bits per heavy atom. The number of halogens is 1. The van der Waals surface area contributed by atoms with Crippen LogP contribution in [0, 0.1) is 12.8 Å². The van der Waals surface area contributed by atoms with E-state index in [0.717, 1.165) is 11.2 Å². The Hall–Kier alpha value is -0.500. The van der Waals surface area contributed by atoms with Crippen molar-refractivity contribution in [1.29, 1.82) is 0 Å². The van der Waals surface area contributed by atoms with E-state index >= 15 is 0 Å². The fourth-order valence-electron chi connectivity index (χ4n) is 2.35. The second-order valence-electron chi connectivity index (χ2n) is 4.94. The molecule has 0 heterocycles. The Morgan fingerprint density at radius 2 is 2.12 bits per heavy atom. The van der Waals surface area contributed by atoms with Gasteiger partial charge < -0.3 is 4.90 Å². The molecule has 2 heteroatoms. The first kappa shape index (κ1) is 12.0. The van der Waals surface area contributed by atoms with E-state index < -0.39 is 0 Å². The zero-order chi connectivity index (χ0) is 11.5. The third-order valence-corrected chi connectivity index (χ3v) is 4.15. The zero-order valence-electron chi connectivity index (χ0n) is 10.2. The summed E-state index contributed by atoms with van der Waals surface area (Å²) >= 11 is 3.58. The molecule has 0 radical (unpaired) electrons. The van der Waals surface area contributed by atoms with Crippen molar-refractivity contribution >= 4 is 21.6 Å². The summed E-state index contributed by atoms with van der Waals surface area (Å²) in [7, 11) is 2.22. The van der Waals surface area contributed by atoms with E-state index in [1.54, 1.807) is 0 Å². The van der Waals surface area contributed by atoms with E-state index in [0.29, 0.717) is 0 Å². The highest BCUT2D eigenvalue weighted by Crippen LogP contribution is 2.30. The summed E-state index contributed by atoms with van der Waals surface area (Å²) < 4.78 is 0. The van der Waals surface area contributed by atoms with Crippen LogP contribution in [0.4, 0.5) is 5.69 Å². The molecule has 0 N–H and O–H groups in total. The third-order valence-electron chi connectivity index (χ3n) is 3.55. The summed E-state index contributed by atoms with van der Waals surface area (Å²) in [6.07, 6.45) is 4.26. The van der Waals surface area contributed by atoms with Gasteiger partial charge in [0, 0.05) is 24.6 Å². The number of anilines is 1. The van der Waals surface area contributed by atoms with Crippen LogP contribution >= 0.6 is 15.9 Å². The first-order chi connectivity index (χ1) is 7.70. The second-order valence-corrected chi connectivity index (χ2v) is 5.50. The van der Waals surface area contributed by atoms with Crippen LogP contribution in [0.25, 0.3) is 0 Å². The van der Waals surface area contributed by atoms with Gasteiger partial charge in [-0.1, -0.05) is 40.0 Å². The summed E-state index contributed by atoms with van der Waals surface area (Å²) in [6.45, 7) is 3.37. The van der Waals surface area contributed by atoms with Gasteiger partial charge in [-0.3, -0.25) is 0 Å². The molecule has 1 nitrogen and oxygen atoms in total. The Labute approximate surface area is 107 Å². The molecule has 16 heavy (non-hydrogen) atoms. The van der Waals surface area contributed by atoms with Crippen LogP contribution in [-0.4, -0.2) is 13.6 Å². The zero-order valence-corrected chi connectivity index (χ0v) is 11.8. The van der Waals surface area contributed by atoms with E-state index in [2.05, 4.69) is 53.0 Å². The molecule has 2 rings (SSSR count). The number of rotatable bonds is 4. The average molecular weight is 282 g/mol. The summed E-state index contributed by atoms with van der Waals surface area (Å²) in [5, 5.41) is 0.943. The molecule has 1 fully saturated rings. The molecule has 1 aliphatic rings. The fraction of sp³-hybridized carbons (Fsp3) is 0.571. The number of benzene rings is 1. The number of hydrogen-bond acceptors (Lipinski definition) is 1. The topological polar surface area (TPSA) is 3.24 Å². The predicted molar refractivity (Wildman–Crippen MR) is 74.4 cm³/mol. The van der Waals surface area contributed by atoms with Gasteiger partial charge in [0.15, 0.2) is 0 Å². The van der Waals surface area contributed by atoms with Gasteiger partial charge in [-0.05, 0) is 37.3 Å². The summed E-state index contributed by atoms with van der Waals surface area (Å²) in [5.74, 6) is 0.925. The van der Waals surface area contributed by atoms with E-state index in [1.165, 1.54) is 42.6 Å². The van der Waals surface area contributed by atoms with Crippen LogP contribution in [0.5, 0.6) is 0 Å². The molecule has 0 aliphatic heterocycles. The molecule has 0 unspecified atom stereocenters. The predicted octanol–water partition coefficient (Wildman–Crippen LogP) is 4.13. The lowest BCUT2D eigenvalue weighted by molar-refractivity contribution is 0.321. The Morgan fingerprint density at radius 3 is 2.69 bits per heavy atom. The van der Waals surface area contributed by atoms with Crippen molar-refractivity contribution in [1.82, 2.24) is 0 Å². The standard InChI is InChI=1S/C14H20BrN/c1-11-6-7-14(13(8-11)9-15)16(2)10-12-4-3-5-12/h6-8,12H,3-5,9-10H2,1-2H3. The fourth-order valence-corrected chi connectivity index (χ4v) is 2.80. The van der Waals surface area contributed by atoms with Crippen molar-refractivity contribution < 1.29 is 0 Å². The third kappa shape index (κ3) is 2.60. The number of nitrogens with zero attached hydrogens (tertiary/aromatic N) is 1. The normalized spacial score (nSPS) is 15.9. The van der Waals surface area contributed by atoms with Crippen molar-refractivity contribution in [2.75, 3.05) is 18.5 Å². The smallest absolute Gasteiger partial charge is 0.0405 e. The van der Waals surface area contributed by atoms with Crippen LogP contribution in [0.1, 0.15) is 30.4 Å². The maximum atomic E-state index is 3.58. The molecule has 88 valence electrons. The van der Waals surface area contributed by atoms with E-state index in [9.17, 15) is 0 Å². The molecular formula is C14H20BrN. The lowest BCUT2D eigenvalue weighted by Gasteiger charge is -2.32. The minimum Gasteiger partial charge on any atom is -0.374 e. The lowest BCUT2D eigenvalue weighted by atomic mass is 9.85. The number of aryl methyl sites for hydroxylation is 1. The minimum absolute atomic E-state index is 0.925. The van der Waals surface area contributed by atoms with Gasteiger partial charge in [0.05, 0.1) is 0 Å². The Bertz CT molecular complexity index is 358. The van der Waals surface area contributed by atoms with Gasteiger partial charge in [-0.25, -0.2) is 0 Å². The molecule has 1 aromatic carbocycles. The number of alkyl halides is 1. The van der Waals surface area contributed by atoms with Gasteiger partial charge in [0.1, 0.15) is 0 Å². The van der Waals surface area contributed by atoms with E-state index in [-0.39, 0.29) is 0 Å². The molecule has 0 aromatic heterocycles. The maximum absolute atomic E-state index is 3.58. The number of hydrogen-bond donors (Lipinski definition) is 0. The quantitative estimate of drug-likeness (QED) is 0.751. The van der Waals surface area contributed by atoms with Gasteiger partial charge in [0.25, 0.3) is 0 Å². The first-order valence-corrected chi connectivity index (χ1v) is 7.19. The van der Waals surface area contributed by atoms with Crippen molar-refractivity contribution in [3.05, 3.63) is 29.3 Å². The van der Waals surface area contributed by atoms with Crippen molar-refractivity contribution in [2.24, 2.45) is 5.92 Å².